The fourth-order valence-electron chi connectivity index (χ4n) is 2.82. The lowest BCUT2D eigenvalue weighted by molar-refractivity contribution is 0.459. The number of rotatable bonds is 5. The van der Waals surface area contributed by atoms with E-state index < -0.39 is 0 Å². The van der Waals surface area contributed by atoms with Crippen molar-refractivity contribution in [2.75, 3.05) is 20.6 Å². The third-order valence-electron chi connectivity index (χ3n) is 4.15. The Morgan fingerprint density at radius 3 is 2.79 bits per heavy atom. The molecular formula is C19H24N4O. The maximum atomic E-state index is 5.85. The molecule has 2 heterocycles. The van der Waals surface area contributed by atoms with Gasteiger partial charge < -0.3 is 19.2 Å². The number of benzene rings is 1. The van der Waals surface area contributed by atoms with Crippen LogP contribution in [0.4, 0.5) is 0 Å². The van der Waals surface area contributed by atoms with E-state index in [1.807, 2.05) is 32.3 Å². The van der Waals surface area contributed by atoms with Crippen molar-refractivity contribution in [1.29, 1.82) is 0 Å². The van der Waals surface area contributed by atoms with E-state index in [1.54, 1.807) is 0 Å². The van der Waals surface area contributed by atoms with Crippen molar-refractivity contribution in [1.82, 2.24) is 14.8 Å². The molecule has 0 aliphatic rings. The molecule has 0 saturated carbocycles. The predicted octanol–water partition coefficient (Wildman–Crippen LogP) is 3.02. The van der Waals surface area contributed by atoms with E-state index >= 15 is 0 Å². The molecule has 2 aromatic heterocycles. The van der Waals surface area contributed by atoms with Crippen molar-refractivity contribution in [3.63, 3.8) is 0 Å². The topological polar surface area (TPSA) is 45.7 Å². The van der Waals surface area contributed by atoms with E-state index in [1.165, 1.54) is 5.69 Å². The predicted molar refractivity (Wildman–Crippen MR) is 98.2 cm³/mol. The minimum Gasteiger partial charge on any atom is -0.461 e. The van der Waals surface area contributed by atoms with Crippen LogP contribution in [0.3, 0.4) is 0 Å². The van der Waals surface area contributed by atoms with Gasteiger partial charge in [0.15, 0.2) is 5.96 Å². The largest absolute Gasteiger partial charge is 0.461 e. The zero-order chi connectivity index (χ0) is 16.9. The molecule has 0 spiro atoms. The fourth-order valence-corrected chi connectivity index (χ4v) is 2.82. The lowest BCUT2D eigenvalue weighted by Crippen LogP contribution is -2.39. The lowest BCUT2D eigenvalue weighted by Gasteiger charge is -2.22. The summed E-state index contributed by atoms with van der Waals surface area (Å²) in [5, 5.41) is 4.55. The summed E-state index contributed by atoms with van der Waals surface area (Å²) in [5.41, 5.74) is 2.19. The molecule has 5 heteroatoms. The van der Waals surface area contributed by atoms with Crippen molar-refractivity contribution in [2.24, 2.45) is 12.0 Å². The van der Waals surface area contributed by atoms with Crippen LogP contribution >= 0.6 is 0 Å². The molecule has 0 unspecified atom stereocenters. The summed E-state index contributed by atoms with van der Waals surface area (Å²) in [7, 11) is 5.91. The number of fused-ring (bicyclic) bond motifs is 1. The Morgan fingerprint density at radius 2 is 2.08 bits per heavy atom. The van der Waals surface area contributed by atoms with Crippen LogP contribution in [0.2, 0.25) is 0 Å². The Labute approximate surface area is 142 Å². The summed E-state index contributed by atoms with van der Waals surface area (Å²) in [6.07, 6.45) is 2.88. The number of guanidine groups is 1. The quantitative estimate of drug-likeness (QED) is 0.580. The van der Waals surface area contributed by atoms with Crippen LogP contribution in [0.5, 0.6) is 0 Å². The first kappa shape index (κ1) is 16.2. The summed E-state index contributed by atoms with van der Waals surface area (Å²) in [6.45, 7) is 1.60. The highest BCUT2D eigenvalue weighted by Gasteiger charge is 2.09. The zero-order valence-electron chi connectivity index (χ0n) is 14.5. The van der Waals surface area contributed by atoms with Crippen molar-refractivity contribution in [2.45, 2.75) is 13.0 Å². The third kappa shape index (κ3) is 3.62. The first-order valence-electron chi connectivity index (χ1n) is 8.17. The van der Waals surface area contributed by atoms with E-state index in [0.29, 0.717) is 0 Å². The molecule has 3 aromatic rings. The highest BCUT2D eigenvalue weighted by Crippen LogP contribution is 2.18. The summed E-state index contributed by atoms with van der Waals surface area (Å²) >= 11 is 0. The Bertz CT molecular complexity index is 798. The second-order valence-electron chi connectivity index (χ2n) is 5.94. The van der Waals surface area contributed by atoms with Gasteiger partial charge in [-0.25, -0.2) is 0 Å². The van der Waals surface area contributed by atoms with Crippen LogP contribution in [0.25, 0.3) is 11.0 Å². The lowest BCUT2D eigenvalue weighted by atomic mass is 10.2. The first-order chi connectivity index (χ1) is 11.7. The summed E-state index contributed by atoms with van der Waals surface area (Å²) in [4.78, 5) is 6.48. The summed E-state index contributed by atoms with van der Waals surface area (Å²) in [6, 6.07) is 14.4. The summed E-state index contributed by atoms with van der Waals surface area (Å²) < 4.78 is 7.97. The second kappa shape index (κ2) is 7.25. The van der Waals surface area contributed by atoms with Crippen LogP contribution in [0, 0.1) is 0 Å². The summed E-state index contributed by atoms with van der Waals surface area (Å²) in [5.74, 6) is 1.87. The van der Waals surface area contributed by atoms with Crippen molar-refractivity contribution < 1.29 is 4.42 Å². The fraction of sp³-hybridized carbons (Fsp3) is 0.316. The minimum atomic E-state index is 0.782. The van der Waals surface area contributed by atoms with Gasteiger partial charge in [-0.3, -0.25) is 4.99 Å². The highest BCUT2D eigenvalue weighted by molar-refractivity contribution is 5.79. The van der Waals surface area contributed by atoms with Crippen LogP contribution in [-0.4, -0.2) is 36.1 Å². The van der Waals surface area contributed by atoms with Crippen molar-refractivity contribution in [3.8, 4) is 0 Å². The number of furan rings is 1. The Hall–Kier alpha value is -2.69. The average Bonchev–Trinajstić information content (AvgIpc) is 3.17. The molecule has 0 aliphatic carbocycles. The number of hydrogen-bond acceptors (Lipinski definition) is 2. The van der Waals surface area contributed by atoms with Crippen molar-refractivity contribution >= 4 is 16.9 Å². The van der Waals surface area contributed by atoms with Gasteiger partial charge in [0.05, 0.1) is 6.54 Å². The zero-order valence-corrected chi connectivity index (χ0v) is 14.5. The van der Waals surface area contributed by atoms with Gasteiger partial charge in [0.25, 0.3) is 0 Å². The molecule has 0 aliphatic heterocycles. The average molecular weight is 324 g/mol. The van der Waals surface area contributed by atoms with Gasteiger partial charge in [-0.2, -0.15) is 0 Å². The molecule has 0 fully saturated rings. The molecule has 24 heavy (non-hydrogen) atoms. The van der Waals surface area contributed by atoms with E-state index in [-0.39, 0.29) is 0 Å². The van der Waals surface area contributed by atoms with Gasteiger partial charge in [-0.1, -0.05) is 18.2 Å². The second-order valence-corrected chi connectivity index (χ2v) is 5.94. The van der Waals surface area contributed by atoms with Crippen LogP contribution in [-0.2, 0) is 20.0 Å². The van der Waals surface area contributed by atoms with E-state index in [4.69, 9.17) is 4.42 Å². The molecule has 3 rings (SSSR count). The van der Waals surface area contributed by atoms with Gasteiger partial charge >= 0.3 is 0 Å². The number of hydrogen-bond donors (Lipinski definition) is 1. The molecule has 1 N–H and O–H groups in total. The third-order valence-corrected chi connectivity index (χ3v) is 4.15. The number of para-hydroxylation sites is 1. The molecule has 1 aromatic carbocycles. The monoisotopic (exact) mass is 324 g/mol. The first-order valence-corrected chi connectivity index (χ1v) is 8.17. The Morgan fingerprint density at radius 1 is 1.25 bits per heavy atom. The van der Waals surface area contributed by atoms with E-state index in [9.17, 15) is 0 Å². The highest BCUT2D eigenvalue weighted by atomic mass is 16.3. The van der Waals surface area contributed by atoms with Gasteiger partial charge in [-0.05, 0) is 24.3 Å². The van der Waals surface area contributed by atoms with Crippen molar-refractivity contribution in [3.05, 3.63) is 60.1 Å². The number of nitrogens with one attached hydrogen (secondary N) is 1. The molecule has 0 atom stereocenters. The minimum absolute atomic E-state index is 0.782. The van der Waals surface area contributed by atoms with E-state index in [2.05, 4.69) is 57.3 Å². The molecule has 126 valence electrons. The Balaban J connectivity index is 1.55. The van der Waals surface area contributed by atoms with Crippen LogP contribution in [0.15, 0.2) is 58.1 Å². The molecule has 0 bridgehead atoms. The molecule has 0 radical (unpaired) electrons. The van der Waals surface area contributed by atoms with Crippen LogP contribution in [0.1, 0.15) is 11.5 Å². The molecule has 5 nitrogen and oxygen atoms in total. The number of aryl methyl sites for hydroxylation is 1. The molecule has 0 saturated heterocycles. The number of aromatic nitrogens is 1. The molecule has 0 amide bonds. The standard InChI is InChI=1S/C19H24N4O/c1-20-19(23(3)14-16-8-6-12-22(16)2)21-11-10-17-13-15-7-4-5-9-18(15)24-17/h4-9,12-13H,10-11,14H2,1-3H3,(H,20,21). The van der Waals surface area contributed by atoms with Gasteiger partial charge in [-0.15, -0.1) is 0 Å². The van der Waals surface area contributed by atoms with E-state index in [0.717, 1.165) is 42.2 Å². The number of aliphatic imine (C=N–C) groups is 1. The normalized spacial score (nSPS) is 11.9. The SMILES string of the molecule is CN=C(NCCc1cc2ccccc2o1)N(C)Cc1cccn1C. The van der Waals surface area contributed by atoms with Gasteiger partial charge in [0.2, 0.25) is 0 Å². The maximum absolute atomic E-state index is 5.85. The smallest absolute Gasteiger partial charge is 0.193 e. The number of nitrogens with zero attached hydrogens (tertiary/aromatic N) is 3. The van der Waals surface area contributed by atoms with Gasteiger partial charge in [0, 0.05) is 51.4 Å². The maximum Gasteiger partial charge on any atom is 0.193 e. The van der Waals surface area contributed by atoms with Crippen LogP contribution < -0.4 is 5.32 Å². The van der Waals surface area contributed by atoms with Gasteiger partial charge in [0.1, 0.15) is 11.3 Å². The molecular weight excluding hydrogens is 300 g/mol. The Kier molecular flexibility index (Phi) is 4.89.